The van der Waals surface area contributed by atoms with E-state index in [0.717, 1.165) is 5.56 Å². The molecular formula is C17H19ClN4O3. The minimum atomic E-state index is -0.412. The molecule has 0 bridgehead atoms. The Kier molecular flexibility index (Phi) is 5.08. The highest BCUT2D eigenvalue weighted by molar-refractivity contribution is 6.30. The highest BCUT2D eigenvalue weighted by Crippen LogP contribution is 2.26. The number of benzene rings is 1. The molecule has 2 heterocycles. The summed E-state index contributed by atoms with van der Waals surface area (Å²) < 4.78 is 5.32. The molecule has 132 valence electrons. The first-order valence-corrected chi connectivity index (χ1v) is 8.24. The molecule has 1 fully saturated rings. The molecule has 4 N–H and O–H groups in total. The summed E-state index contributed by atoms with van der Waals surface area (Å²) in [5, 5.41) is 0.633. The molecule has 1 aliphatic heterocycles. The van der Waals surface area contributed by atoms with E-state index >= 15 is 0 Å². The maximum absolute atomic E-state index is 12.5. The summed E-state index contributed by atoms with van der Waals surface area (Å²) in [6.45, 7) is 3.90. The number of hydrogen-bond acceptors (Lipinski definition) is 5. The molecule has 2 unspecified atom stereocenters. The molecule has 0 saturated carbocycles. The predicted molar refractivity (Wildman–Crippen MR) is 92.6 cm³/mol. The molecule has 1 aliphatic rings. The summed E-state index contributed by atoms with van der Waals surface area (Å²) in [6.07, 6.45) is 0. The number of amides is 2. The zero-order valence-electron chi connectivity index (χ0n) is 13.9. The van der Waals surface area contributed by atoms with Gasteiger partial charge in [-0.2, -0.15) is 0 Å². The van der Waals surface area contributed by atoms with E-state index in [1.54, 1.807) is 32.0 Å². The van der Waals surface area contributed by atoms with Gasteiger partial charge in [-0.25, -0.2) is 5.43 Å². The molecule has 2 atom stereocenters. The topological polar surface area (TPSA) is 95.4 Å². The van der Waals surface area contributed by atoms with Crippen molar-refractivity contribution < 1.29 is 14.0 Å². The van der Waals surface area contributed by atoms with Crippen LogP contribution in [0.4, 0.5) is 0 Å². The largest absolute Gasteiger partial charge is 0.466 e. The minimum absolute atomic E-state index is 0.216. The zero-order chi connectivity index (χ0) is 18.0. The van der Waals surface area contributed by atoms with Gasteiger partial charge in [0.05, 0.1) is 17.5 Å². The van der Waals surface area contributed by atoms with Crippen molar-refractivity contribution in [2.75, 3.05) is 6.54 Å². The second kappa shape index (κ2) is 7.26. The Morgan fingerprint density at radius 2 is 1.92 bits per heavy atom. The Bertz CT molecular complexity index is 788. The van der Waals surface area contributed by atoms with E-state index in [0.29, 0.717) is 28.7 Å². The number of carbonyl (C=O) groups excluding carboxylic acids is 2. The molecule has 2 amide bonds. The summed E-state index contributed by atoms with van der Waals surface area (Å²) in [6, 6.07) is 8.70. The maximum Gasteiger partial charge on any atom is 0.273 e. The SMILES string of the molecule is Cc1cc(C(=O)NNC(=O)C2CNNC2c2ccc(Cl)cc2)c(C)o1. The summed E-state index contributed by atoms with van der Waals surface area (Å²) in [5.41, 5.74) is 12.3. The van der Waals surface area contributed by atoms with Crippen molar-refractivity contribution >= 4 is 23.4 Å². The first kappa shape index (κ1) is 17.5. The van der Waals surface area contributed by atoms with Crippen molar-refractivity contribution in [2.45, 2.75) is 19.9 Å². The van der Waals surface area contributed by atoms with E-state index in [1.165, 1.54) is 0 Å². The smallest absolute Gasteiger partial charge is 0.273 e. The average molecular weight is 363 g/mol. The number of halogens is 1. The fourth-order valence-corrected chi connectivity index (χ4v) is 2.99. The Labute approximate surface area is 150 Å². The van der Waals surface area contributed by atoms with Crippen LogP contribution in [-0.4, -0.2) is 18.4 Å². The lowest BCUT2D eigenvalue weighted by molar-refractivity contribution is -0.125. The van der Waals surface area contributed by atoms with Gasteiger partial charge in [-0.1, -0.05) is 23.7 Å². The van der Waals surface area contributed by atoms with Crippen LogP contribution in [0.15, 0.2) is 34.7 Å². The molecule has 7 nitrogen and oxygen atoms in total. The lowest BCUT2D eigenvalue weighted by atomic mass is 9.94. The van der Waals surface area contributed by atoms with Crippen LogP contribution in [0.3, 0.4) is 0 Å². The van der Waals surface area contributed by atoms with Crippen molar-refractivity contribution in [3.63, 3.8) is 0 Å². The van der Waals surface area contributed by atoms with E-state index in [2.05, 4.69) is 21.7 Å². The molecule has 8 heteroatoms. The highest BCUT2D eigenvalue weighted by atomic mass is 35.5. The molecule has 1 aromatic carbocycles. The van der Waals surface area contributed by atoms with E-state index in [1.807, 2.05) is 12.1 Å². The third-order valence-electron chi connectivity index (χ3n) is 4.13. The standard InChI is InChI=1S/C17H19ClN4O3/c1-9-7-13(10(2)25-9)16(23)21-22-17(24)14-8-19-20-15(14)11-3-5-12(18)6-4-11/h3-7,14-15,19-20H,8H2,1-2H3,(H,21,23)(H,22,24). The van der Waals surface area contributed by atoms with Crippen molar-refractivity contribution in [3.05, 3.63) is 58.0 Å². The zero-order valence-corrected chi connectivity index (χ0v) is 14.6. The van der Waals surface area contributed by atoms with Gasteiger partial charge in [-0.3, -0.25) is 25.9 Å². The number of furan rings is 1. The van der Waals surface area contributed by atoms with Crippen LogP contribution in [0.2, 0.25) is 5.02 Å². The second-order valence-corrected chi connectivity index (χ2v) is 6.37. The van der Waals surface area contributed by atoms with Crippen LogP contribution in [0.25, 0.3) is 0 Å². The molecule has 0 spiro atoms. The number of aryl methyl sites for hydroxylation is 2. The van der Waals surface area contributed by atoms with Crippen LogP contribution >= 0.6 is 11.6 Å². The fraction of sp³-hybridized carbons (Fsp3) is 0.294. The van der Waals surface area contributed by atoms with Gasteiger partial charge in [0.15, 0.2) is 0 Å². The molecular weight excluding hydrogens is 344 g/mol. The first-order chi connectivity index (χ1) is 12.0. The van der Waals surface area contributed by atoms with Gasteiger partial charge < -0.3 is 4.42 Å². The van der Waals surface area contributed by atoms with Crippen molar-refractivity contribution in [2.24, 2.45) is 5.92 Å². The summed E-state index contributed by atoms with van der Waals surface area (Å²) in [7, 11) is 0. The quantitative estimate of drug-likeness (QED) is 0.624. The Morgan fingerprint density at radius 3 is 2.56 bits per heavy atom. The monoisotopic (exact) mass is 362 g/mol. The number of hydrogen-bond donors (Lipinski definition) is 4. The molecule has 3 rings (SSSR count). The number of nitrogens with one attached hydrogen (secondary N) is 4. The third kappa shape index (κ3) is 3.84. The molecule has 0 radical (unpaired) electrons. The highest BCUT2D eigenvalue weighted by Gasteiger charge is 2.34. The summed E-state index contributed by atoms with van der Waals surface area (Å²) >= 11 is 5.90. The van der Waals surface area contributed by atoms with Gasteiger partial charge in [0, 0.05) is 11.6 Å². The summed E-state index contributed by atoms with van der Waals surface area (Å²) in [4.78, 5) is 24.6. The molecule has 1 saturated heterocycles. The van der Waals surface area contributed by atoms with E-state index in [9.17, 15) is 9.59 Å². The van der Waals surface area contributed by atoms with E-state index in [4.69, 9.17) is 16.0 Å². The average Bonchev–Trinajstić information content (AvgIpc) is 3.19. The molecule has 2 aromatic rings. The predicted octanol–water partition coefficient (Wildman–Crippen LogP) is 1.78. The van der Waals surface area contributed by atoms with E-state index < -0.39 is 5.91 Å². The van der Waals surface area contributed by atoms with Crippen LogP contribution in [0.5, 0.6) is 0 Å². The van der Waals surface area contributed by atoms with Gasteiger partial charge in [-0.15, -0.1) is 0 Å². The van der Waals surface area contributed by atoms with Gasteiger partial charge in [0.2, 0.25) is 5.91 Å². The Morgan fingerprint density at radius 1 is 1.20 bits per heavy atom. The fourth-order valence-electron chi connectivity index (χ4n) is 2.86. The normalized spacial score (nSPS) is 19.6. The minimum Gasteiger partial charge on any atom is -0.466 e. The van der Waals surface area contributed by atoms with Crippen LogP contribution in [-0.2, 0) is 4.79 Å². The lowest BCUT2D eigenvalue weighted by Gasteiger charge is -2.18. The van der Waals surface area contributed by atoms with Gasteiger partial charge in [0.25, 0.3) is 5.91 Å². The van der Waals surface area contributed by atoms with Gasteiger partial charge >= 0.3 is 0 Å². The molecule has 0 aliphatic carbocycles. The number of rotatable bonds is 3. The van der Waals surface area contributed by atoms with Gasteiger partial charge in [-0.05, 0) is 37.6 Å². The van der Waals surface area contributed by atoms with Crippen LogP contribution < -0.4 is 21.7 Å². The van der Waals surface area contributed by atoms with Gasteiger partial charge in [0.1, 0.15) is 11.5 Å². The van der Waals surface area contributed by atoms with Crippen molar-refractivity contribution in [1.82, 2.24) is 21.7 Å². The third-order valence-corrected chi connectivity index (χ3v) is 4.38. The lowest BCUT2D eigenvalue weighted by Crippen LogP contribution is -2.46. The van der Waals surface area contributed by atoms with E-state index in [-0.39, 0.29) is 17.9 Å². The first-order valence-electron chi connectivity index (χ1n) is 7.87. The van der Waals surface area contributed by atoms with Crippen LogP contribution in [0, 0.1) is 19.8 Å². The molecule has 1 aromatic heterocycles. The molecule has 25 heavy (non-hydrogen) atoms. The maximum atomic E-state index is 12.5. The van der Waals surface area contributed by atoms with Crippen molar-refractivity contribution in [3.8, 4) is 0 Å². The number of carbonyl (C=O) groups is 2. The second-order valence-electron chi connectivity index (χ2n) is 5.93. The Hall–Kier alpha value is -2.35. The van der Waals surface area contributed by atoms with Crippen LogP contribution in [0.1, 0.15) is 33.5 Å². The number of hydrazine groups is 2. The van der Waals surface area contributed by atoms with Crippen molar-refractivity contribution in [1.29, 1.82) is 0 Å². The summed E-state index contributed by atoms with van der Waals surface area (Å²) in [5.74, 6) is 0.0652. The Balaban J connectivity index is 1.63.